The molecule has 0 spiro atoms. The van der Waals surface area contributed by atoms with Crippen molar-refractivity contribution in [3.8, 4) is 0 Å². The van der Waals surface area contributed by atoms with Crippen molar-refractivity contribution >= 4 is 11.0 Å². The Morgan fingerprint density at radius 1 is 1.17 bits per heavy atom. The zero-order valence-corrected chi connectivity index (χ0v) is 13.3. The van der Waals surface area contributed by atoms with Gasteiger partial charge in [0.25, 0.3) is 5.52 Å². The number of morpholine rings is 1. The second-order valence-corrected chi connectivity index (χ2v) is 6.42. The highest BCUT2D eigenvalue weighted by Crippen LogP contribution is 2.25. The van der Waals surface area contributed by atoms with E-state index in [4.69, 9.17) is 4.74 Å². The molecule has 0 atom stereocenters. The van der Waals surface area contributed by atoms with Gasteiger partial charge in [0.15, 0.2) is 5.82 Å². The van der Waals surface area contributed by atoms with E-state index in [0.717, 1.165) is 68.9 Å². The smallest absolute Gasteiger partial charge is 0.270 e. The van der Waals surface area contributed by atoms with Crippen molar-refractivity contribution < 1.29 is 9.58 Å². The summed E-state index contributed by atoms with van der Waals surface area (Å²) in [6.07, 6.45) is 5.04. The fourth-order valence-corrected chi connectivity index (χ4v) is 3.55. The Hall–Kier alpha value is -1.79. The van der Waals surface area contributed by atoms with E-state index in [1.54, 1.807) is 0 Å². The van der Waals surface area contributed by atoms with Gasteiger partial charge in [0, 0.05) is 30.7 Å². The van der Waals surface area contributed by atoms with Gasteiger partial charge in [-0.2, -0.15) is 0 Å². The summed E-state index contributed by atoms with van der Waals surface area (Å²) in [6, 6.07) is 4.06. The topological polar surface area (TPSA) is 65.2 Å². The Morgan fingerprint density at radius 2 is 1.96 bits per heavy atom. The van der Waals surface area contributed by atoms with E-state index < -0.39 is 0 Å². The van der Waals surface area contributed by atoms with Crippen LogP contribution in [0.1, 0.15) is 29.8 Å². The van der Waals surface area contributed by atoms with Gasteiger partial charge in [-0.3, -0.25) is 4.90 Å². The molecule has 122 valence electrons. The number of ether oxygens (including phenoxy) is 1. The van der Waals surface area contributed by atoms with Crippen molar-refractivity contribution in [3.05, 3.63) is 34.3 Å². The molecule has 1 fully saturated rings. The zero-order valence-electron chi connectivity index (χ0n) is 13.3. The first kappa shape index (κ1) is 14.8. The number of aryl methyl sites for hydroxylation is 3. The molecule has 1 aliphatic heterocycles. The van der Waals surface area contributed by atoms with Crippen LogP contribution in [-0.4, -0.2) is 47.8 Å². The molecule has 0 radical (unpaired) electrons. The maximum atomic E-state index is 12.2. The molecule has 0 saturated carbocycles. The second kappa shape index (κ2) is 6.37. The van der Waals surface area contributed by atoms with E-state index in [1.807, 2.05) is 6.07 Å². The number of hydrogen-bond acceptors (Lipinski definition) is 5. The van der Waals surface area contributed by atoms with E-state index in [-0.39, 0.29) is 0 Å². The number of benzene rings is 1. The van der Waals surface area contributed by atoms with Crippen molar-refractivity contribution in [2.24, 2.45) is 0 Å². The number of aromatic nitrogens is 3. The lowest BCUT2D eigenvalue weighted by Gasteiger charge is -2.26. The molecule has 1 aliphatic carbocycles. The molecule has 6 heteroatoms. The molecular formula is C17H22N4O2. The molecule has 1 aromatic carbocycles. The molecule has 1 saturated heterocycles. The first-order chi connectivity index (χ1) is 11.3. The molecule has 2 aromatic rings. The molecule has 2 heterocycles. The third kappa shape index (κ3) is 3.14. The molecule has 6 nitrogen and oxygen atoms in total. The third-order valence-corrected chi connectivity index (χ3v) is 4.83. The second-order valence-electron chi connectivity index (χ2n) is 6.42. The van der Waals surface area contributed by atoms with Gasteiger partial charge in [0.05, 0.1) is 13.2 Å². The summed E-state index contributed by atoms with van der Waals surface area (Å²) >= 11 is 0. The maximum absolute atomic E-state index is 12.2. The van der Waals surface area contributed by atoms with Crippen LogP contribution in [0.3, 0.4) is 0 Å². The van der Waals surface area contributed by atoms with Crippen LogP contribution in [0, 0.1) is 5.21 Å². The largest absolute Gasteiger partial charge is 0.594 e. The van der Waals surface area contributed by atoms with Crippen molar-refractivity contribution in [2.75, 3.05) is 32.8 Å². The molecule has 2 aliphatic rings. The van der Waals surface area contributed by atoms with Gasteiger partial charge < -0.3 is 9.94 Å². The van der Waals surface area contributed by atoms with Crippen molar-refractivity contribution in [1.82, 2.24) is 15.0 Å². The number of fused-ring (bicyclic) bond motifs is 2. The molecule has 0 amide bonds. The summed E-state index contributed by atoms with van der Waals surface area (Å²) in [5.41, 5.74) is 4.01. The molecule has 0 N–H and O–H groups in total. The van der Waals surface area contributed by atoms with Crippen LogP contribution in [0.5, 0.6) is 0 Å². The van der Waals surface area contributed by atoms with Gasteiger partial charge in [-0.1, -0.05) is 0 Å². The van der Waals surface area contributed by atoms with Gasteiger partial charge in [-0.25, -0.2) is 4.98 Å². The Kier molecular flexibility index (Phi) is 4.10. The fraction of sp³-hybridized carbons (Fsp3) is 0.588. The van der Waals surface area contributed by atoms with E-state index in [9.17, 15) is 5.21 Å². The van der Waals surface area contributed by atoms with Crippen LogP contribution in [-0.2, 0) is 24.0 Å². The predicted molar refractivity (Wildman–Crippen MR) is 86.1 cm³/mol. The van der Waals surface area contributed by atoms with Crippen molar-refractivity contribution in [3.63, 3.8) is 0 Å². The lowest BCUT2D eigenvalue weighted by molar-refractivity contribution is -0.644. The molecular weight excluding hydrogens is 292 g/mol. The molecule has 1 aromatic heterocycles. The number of rotatable bonds is 4. The molecule has 0 unspecified atom stereocenters. The fourth-order valence-electron chi connectivity index (χ4n) is 3.55. The van der Waals surface area contributed by atoms with E-state index in [2.05, 4.69) is 21.0 Å². The summed E-state index contributed by atoms with van der Waals surface area (Å²) in [4.78, 5) is 7.77. The third-order valence-electron chi connectivity index (χ3n) is 4.83. The van der Waals surface area contributed by atoms with Gasteiger partial charge in [0.2, 0.25) is 0 Å². The Labute approximate surface area is 135 Å². The minimum atomic E-state index is 0.600. The van der Waals surface area contributed by atoms with Crippen LogP contribution in [0.25, 0.3) is 11.0 Å². The first-order valence-corrected chi connectivity index (χ1v) is 8.52. The van der Waals surface area contributed by atoms with Crippen LogP contribution < -0.4 is 4.85 Å². The summed E-state index contributed by atoms with van der Waals surface area (Å²) in [6.45, 7) is 4.63. The minimum absolute atomic E-state index is 0.600. The summed E-state index contributed by atoms with van der Waals surface area (Å²) in [5.74, 6) is 0.652. The lowest BCUT2D eigenvalue weighted by atomic mass is 10.1. The highest BCUT2D eigenvalue weighted by molar-refractivity contribution is 5.73. The highest BCUT2D eigenvalue weighted by atomic mass is 16.5. The van der Waals surface area contributed by atoms with Gasteiger partial charge in [-0.15, -0.1) is 0 Å². The van der Waals surface area contributed by atoms with E-state index in [1.165, 1.54) is 17.5 Å². The molecule has 4 rings (SSSR count). The Morgan fingerprint density at radius 3 is 2.78 bits per heavy atom. The number of hydrogen-bond donors (Lipinski definition) is 0. The van der Waals surface area contributed by atoms with Crippen LogP contribution in [0.4, 0.5) is 0 Å². The van der Waals surface area contributed by atoms with Crippen LogP contribution in [0.15, 0.2) is 12.1 Å². The average Bonchev–Trinajstić information content (AvgIpc) is 3.02. The van der Waals surface area contributed by atoms with Crippen molar-refractivity contribution in [2.45, 2.75) is 32.1 Å². The van der Waals surface area contributed by atoms with E-state index in [0.29, 0.717) is 11.3 Å². The van der Waals surface area contributed by atoms with Gasteiger partial charge >= 0.3 is 0 Å². The van der Waals surface area contributed by atoms with Gasteiger partial charge in [-0.05, 0) is 54.3 Å². The summed E-state index contributed by atoms with van der Waals surface area (Å²) in [7, 11) is 0. The van der Waals surface area contributed by atoms with Crippen molar-refractivity contribution in [1.29, 1.82) is 0 Å². The summed E-state index contributed by atoms with van der Waals surface area (Å²) < 4.78 is 5.35. The SMILES string of the molecule is [O-][n+]1nc(CCCN2CCOCC2)nc2cc3c(cc21)CCC3. The molecule has 23 heavy (non-hydrogen) atoms. The lowest BCUT2D eigenvalue weighted by Crippen LogP contribution is -2.37. The van der Waals surface area contributed by atoms with Crippen LogP contribution in [0.2, 0.25) is 0 Å². The Balaban J connectivity index is 1.48. The highest BCUT2D eigenvalue weighted by Gasteiger charge is 2.18. The zero-order chi connectivity index (χ0) is 15.6. The Bertz CT molecular complexity index is 713. The quantitative estimate of drug-likeness (QED) is 0.623. The monoisotopic (exact) mass is 314 g/mol. The van der Waals surface area contributed by atoms with E-state index >= 15 is 0 Å². The number of nitrogens with zero attached hydrogens (tertiary/aromatic N) is 4. The predicted octanol–water partition coefficient (Wildman–Crippen LogP) is 1.02. The van der Waals surface area contributed by atoms with Gasteiger partial charge in [0.1, 0.15) is 5.52 Å². The average molecular weight is 314 g/mol. The summed E-state index contributed by atoms with van der Waals surface area (Å²) in [5, 5.41) is 16.3. The van der Waals surface area contributed by atoms with Crippen LogP contribution >= 0.6 is 0 Å². The minimum Gasteiger partial charge on any atom is -0.594 e. The molecule has 0 bridgehead atoms. The normalized spacial score (nSPS) is 18.4. The maximum Gasteiger partial charge on any atom is 0.270 e. The standard InChI is InChI=1S/C17H22N4O2/c22-21-16-12-14-4-1-3-13(14)11-15(16)18-17(19-21)5-2-6-20-7-9-23-10-8-20/h11-12H,1-10H2. The first-order valence-electron chi connectivity index (χ1n) is 8.52.